The zero-order valence-corrected chi connectivity index (χ0v) is 5.97. The molecule has 1 unspecified atom stereocenters. The maximum atomic E-state index is 10.5. The number of hydrogen-bond donors (Lipinski definition) is 0. The minimum Gasteiger partial charge on any atom is -0.272 e. The van der Waals surface area contributed by atoms with Crippen molar-refractivity contribution in [3.05, 3.63) is 0 Å². The second kappa shape index (κ2) is 2.80. The van der Waals surface area contributed by atoms with Crippen LogP contribution < -0.4 is 0 Å². The highest BCUT2D eigenvalue weighted by Crippen LogP contribution is 1.98. The van der Waals surface area contributed by atoms with Crippen LogP contribution in [0, 0.1) is 11.3 Å². The van der Waals surface area contributed by atoms with Crippen LogP contribution in [-0.2, 0) is 14.3 Å². The van der Waals surface area contributed by atoms with Crippen LogP contribution in [0.2, 0.25) is 0 Å². The highest BCUT2D eigenvalue weighted by Gasteiger charge is 2.18. The zero-order valence-electron chi connectivity index (χ0n) is 5.16. The predicted octanol–water partition coefficient (Wildman–Crippen LogP) is -0.125. The number of nitriles is 1. The van der Waals surface area contributed by atoms with Gasteiger partial charge in [-0.15, -0.1) is 0 Å². The molecule has 0 aromatic rings. The smallest absolute Gasteiger partial charge is 0.272 e. The van der Waals surface area contributed by atoms with Gasteiger partial charge in [0.05, 0.1) is 13.2 Å². The molecule has 0 bridgehead atoms. The molecule has 1 atom stereocenters. The SMILES string of the molecule is COS(=O)(=O)C(C)C#N. The van der Waals surface area contributed by atoms with Crippen molar-refractivity contribution in [2.45, 2.75) is 12.2 Å². The van der Waals surface area contributed by atoms with Gasteiger partial charge in [0.25, 0.3) is 10.1 Å². The average molecular weight is 149 g/mol. The van der Waals surface area contributed by atoms with Crippen molar-refractivity contribution in [3.63, 3.8) is 0 Å². The van der Waals surface area contributed by atoms with Crippen molar-refractivity contribution >= 4 is 10.1 Å². The Morgan fingerprint density at radius 2 is 2.11 bits per heavy atom. The Balaban J connectivity index is 4.41. The minimum absolute atomic E-state index is 1.03. The summed E-state index contributed by atoms with van der Waals surface area (Å²) in [6, 6.07) is 1.54. The minimum atomic E-state index is -3.61. The summed E-state index contributed by atoms with van der Waals surface area (Å²) < 4.78 is 25.0. The molecule has 0 rings (SSSR count). The van der Waals surface area contributed by atoms with Crippen molar-refractivity contribution in [2.75, 3.05) is 7.11 Å². The molecule has 0 radical (unpaired) electrons. The second-order valence-electron chi connectivity index (χ2n) is 1.43. The molecule has 0 fully saturated rings. The number of rotatable bonds is 2. The molecule has 0 aliphatic carbocycles. The molecule has 0 aromatic carbocycles. The zero-order chi connectivity index (χ0) is 7.49. The highest BCUT2D eigenvalue weighted by molar-refractivity contribution is 7.87. The average Bonchev–Trinajstić information content (AvgIpc) is 1.86. The summed E-state index contributed by atoms with van der Waals surface area (Å²) in [6.07, 6.45) is 0. The lowest BCUT2D eigenvalue weighted by atomic mass is 10.5. The largest absolute Gasteiger partial charge is 0.283 e. The molecule has 0 saturated carbocycles. The molecule has 0 heterocycles. The van der Waals surface area contributed by atoms with Crippen LogP contribution >= 0.6 is 0 Å². The van der Waals surface area contributed by atoms with Crippen LogP contribution in [0.1, 0.15) is 6.92 Å². The van der Waals surface area contributed by atoms with E-state index in [0.717, 1.165) is 7.11 Å². The van der Waals surface area contributed by atoms with Crippen molar-refractivity contribution < 1.29 is 12.6 Å². The normalized spacial score (nSPS) is 14.3. The molecule has 0 aliphatic heterocycles. The van der Waals surface area contributed by atoms with Gasteiger partial charge in [0.1, 0.15) is 0 Å². The van der Waals surface area contributed by atoms with E-state index >= 15 is 0 Å². The third-order valence-electron chi connectivity index (χ3n) is 0.847. The van der Waals surface area contributed by atoms with Crippen molar-refractivity contribution in [2.24, 2.45) is 0 Å². The fourth-order valence-corrected chi connectivity index (χ4v) is 0.627. The van der Waals surface area contributed by atoms with Gasteiger partial charge in [0.15, 0.2) is 5.25 Å². The standard InChI is InChI=1S/C4H7NO3S/c1-4(3-5)9(6,7)8-2/h4H,1-2H3. The summed E-state index contributed by atoms with van der Waals surface area (Å²) in [5.41, 5.74) is 0. The molecule has 0 N–H and O–H groups in total. The third-order valence-corrected chi connectivity index (χ3v) is 2.28. The maximum Gasteiger partial charge on any atom is 0.283 e. The fourth-order valence-electron chi connectivity index (χ4n) is 0.209. The maximum absolute atomic E-state index is 10.5. The molecule has 0 amide bonds. The Morgan fingerprint density at radius 3 is 2.22 bits per heavy atom. The van der Waals surface area contributed by atoms with Gasteiger partial charge in [-0.1, -0.05) is 0 Å². The molecule has 0 spiro atoms. The molecule has 0 aromatic heterocycles. The summed E-state index contributed by atoms with van der Waals surface area (Å²) >= 11 is 0. The van der Waals surface area contributed by atoms with E-state index in [4.69, 9.17) is 5.26 Å². The summed E-state index contributed by atoms with van der Waals surface area (Å²) in [5.74, 6) is 0. The van der Waals surface area contributed by atoms with Crippen LogP contribution in [0.15, 0.2) is 0 Å². The molecule has 4 nitrogen and oxygen atoms in total. The molecule has 0 saturated heterocycles. The molecule has 0 aliphatic rings. The van der Waals surface area contributed by atoms with Crippen LogP contribution in [0.25, 0.3) is 0 Å². The van der Waals surface area contributed by atoms with Gasteiger partial charge in [-0.25, -0.2) is 0 Å². The molecule has 5 heteroatoms. The Morgan fingerprint density at radius 1 is 1.67 bits per heavy atom. The van der Waals surface area contributed by atoms with Crippen LogP contribution in [0.3, 0.4) is 0 Å². The van der Waals surface area contributed by atoms with Gasteiger partial charge in [0.2, 0.25) is 0 Å². The van der Waals surface area contributed by atoms with Crippen molar-refractivity contribution in [3.8, 4) is 6.07 Å². The molecular weight excluding hydrogens is 142 g/mol. The van der Waals surface area contributed by atoms with E-state index in [-0.39, 0.29) is 0 Å². The second-order valence-corrected chi connectivity index (χ2v) is 3.46. The Kier molecular flexibility index (Phi) is 2.62. The monoisotopic (exact) mass is 149 g/mol. The molecule has 9 heavy (non-hydrogen) atoms. The Hall–Kier alpha value is -0.600. The first-order valence-electron chi connectivity index (χ1n) is 2.23. The topological polar surface area (TPSA) is 67.2 Å². The van der Waals surface area contributed by atoms with E-state index in [2.05, 4.69) is 4.18 Å². The van der Waals surface area contributed by atoms with E-state index in [0.29, 0.717) is 0 Å². The van der Waals surface area contributed by atoms with Gasteiger partial charge in [-0.3, -0.25) is 4.18 Å². The molecular formula is C4H7NO3S. The van der Waals surface area contributed by atoms with E-state index in [1.54, 1.807) is 6.07 Å². The van der Waals surface area contributed by atoms with Gasteiger partial charge in [-0.2, -0.15) is 13.7 Å². The summed E-state index contributed by atoms with van der Waals surface area (Å²) in [4.78, 5) is 0. The number of hydrogen-bond acceptors (Lipinski definition) is 4. The van der Waals surface area contributed by atoms with Crippen LogP contribution in [0.5, 0.6) is 0 Å². The van der Waals surface area contributed by atoms with Gasteiger partial charge < -0.3 is 0 Å². The van der Waals surface area contributed by atoms with Gasteiger partial charge in [0, 0.05) is 0 Å². The quantitative estimate of drug-likeness (QED) is 0.513. The van der Waals surface area contributed by atoms with E-state index in [1.807, 2.05) is 0 Å². The van der Waals surface area contributed by atoms with Crippen LogP contribution in [0.4, 0.5) is 0 Å². The van der Waals surface area contributed by atoms with E-state index in [1.165, 1.54) is 6.92 Å². The van der Waals surface area contributed by atoms with Gasteiger partial charge >= 0.3 is 0 Å². The van der Waals surface area contributed by atoms with E-state index < -0.39 is 15.4 Å². The first-order valence-corrected chi connectivity index (χ1v) is 3.70. The predicted molar refractivity (Wildman–Crippen MR) is 31.0 cm³/mol. The van der Waals surface area contributed by atoms with Crippen molar-refractivity contribution in [1.82, 2.24) is 0 Å². The first-order chi connectivity index (χ1) is 4.04. The lowest BCUT2D eigenvalue weighted by molar-refractivity contribution is 0.394. The van der Waals surface area contributed by atoms with Crippen LogP contribution in [-0.4, -0.2) is 20.8 Å². The first kappa shape index (κ1) is 8.40. The summed E-state index contributed by atoms with van der Waals surface area (Å²) in [6.45, 7) is 1.26. The summed E-state index contributed by atoms with van der Waals surface area (Å²) in [7, 11) is -2.58. The third kappa shape index (κ3) is 2.00. The van der Waals surface area contributed by atoms with Gasteiger partial charge in [-0.05, 0) is 6.92 Å². The summed E-state index contributed by atoms with van der Waals surface area (Å²) in [5, 5.41) is 7.01. The highest BCUT2D eigenvalue weighted by atomic mass is 32.2. The fraction of sp³-hybridized carbons (Fsp3) is 0.750. The van der Waals surface area contributed by atoms with Crippen molar-refractivity contribution in [1.29, 1.82) is 5.26 Å². The number of nitrogens with zero attached hydrogens (tertiary/aromatic N) is 1. The lowest BCUT2D eigenvalue weighted by Gasteiger charge is -1.99. The molecule has 52 valence electrons. The van der Waals surface area contributed by atoms with E-state index in [9.17, 15) is 8.42 Å². The Labute approximate surface area is 54.2 Å². The Bertz CT molecular complexity index is 212. The lowest BCUT2D eigenvalue weighted by Crippen LogP contribution is -2.16.